The highest BCUT2D eigenvalue weighted by Crippen LogP contribution is 2.48. The first kappa shape index (κ1) is 31.9. The summed E-state index contributed by atoms with van der Waals surface area (Å²) in [7, 11) is 1.68. The summed E-state index contributed by atoms with van der Waals surface area (Å²) in [6, 6.07) is 14.3. The topological polar surface area (TPSA) is 158 Å². The van der Waals surface area contributed by atoms with Crippen molar-refractivity contribution in [2.75, 3.05) is 43.9 Å². The lowest BCUT2D eigenvalue weighted by Gasteiger charge is -2.42. The molecule has 0 aromatic heterocycles. The second kappa shape index (κ2) is 13.2. The first-order valence-corrected chi connectivity index (χ1v) is 15.3. The molecule has 1 saturated heterocycles. The molecule has 11 heteroatoms. The van der Waals surface area contributed by atoms with Crippen molar-refractivity contribution in [3.63, 3.8) is 0 Å². The Morgan fingerprint density at radius 3 is 2.40 bits per heavy atom. The van der Waals surface area contributed by atoms with E-state index in [2.05, 4.69) is 32.7 Å². The van der Waals surface area contributed by atoms with Gasteiger partial charge in [0.25, 0.3) is 10.9 Å². The first-order valence-electron chi connectivity index (χ1n) is 15.3. The van der Waals surface area contributed by atoms with Crippen molar-refractivity contribution >= 4 is 35.2 Å². The van der Waals surface area contributed by atoms with Crippen LogP contribution in [-0.4, -0.2) is 72.6 Å². The second-order valence-electron chi connectivity index (χ2n) is 12.2. The van der Waals surface area contributed by atoms with E-state index in [1.54, 1.807) is 38.3 Å². The number of benzene rings is 2. The number of rotatable bonds is 12. The molecular weight excluding hydrogens is 576 g/mol. The zero-order chi connectivity index (χ0) is 32.3. The van der Waals surface area contributed by atoms with Gasteiger partial charge in [-0.3, -0.25) is 24.2 Å². The Balaban J connectivity index is 1.20. The van der Waals surface area contributed by atoms with Gasteiger partial charge in [0.2, 0.25) is 0 Å². The van der Waals surface area contributed by atoms with E-state index >= 15 is 0 Å². The minimum atomic E-state index is -1.48. The van der Waals surface area contributed by atoms with Crippen molar-refractivity contribution < 1.29 is 24.5 Å². The third-order valence-corrected chi connectivity index (χ3v) is 9.62. The molecule has 0 bridgehead atoms. The standard InChI is InChI=1S/C34H40N4O7/c1-20-34(2,33(43)44)27(26(19-36-20)32(41)42)23-8-4-9-24(17-23)37-29-28(30(39)31(29)40)35-13-6-14-38-15-11-21(12-16-38)22-7-5-10-25(18-22)45-3/h4-5,7-10,17-21,26-27,35,37H,6,11-16H2,1-3H3,(H,41,42)(H,43,44). The number of hydrogen-bond donors (Lipinski definition) is 4. The molecule has 238 valence electrons. The molecule has 2 aliphatic rings. The summed E-state index contributed by atoms with van der Waals surface area (Å²) in [6.07, 6.45) is 4.24. The highest BCUT2D eigenvalue weighted by molar-refractivity contribution is 5.93. The van der Waals surface area contributed by atoms with E-state index in [9.17, 15) is 29.4 Å². The van der Waals surface area contributed by atoms with Gasteiger partial charge >= 0.3 is 11.9 Å². The average molecular weight is 617 g/mol. The Labute approximate surface area is 261 Å². The number of aliphatic imine (C=N–C) groups is 1. The number of carboxylic acids is 2. The molecule has 0 radical (unpaired) electrons. The summed E-state index contributed by atoms with van der Waals surface area (Å²) in [5.41, 5.74) is -0.0952. The number of methoxy groups -OCH3 is 1. The summed E-state index contributed by atoms with van der Waals surface area (Å²) in [5, 5.41) is 26.2. The Morgan fingerprint density at radius 1 is 1.02 bits per heavy atom. The molecule has 3 aromatic rings. The van der Waals surface area contributed by atoms with Crippen molar-refractivity contribution in [3.8, 4) is 5.75 Å². The summed E-state index contributed by atoms with van der Waals surface area (Å²) < 4.78 is 5.37. The molecule has 4 atom stereocenters. The van der Waals surface area contributed by atoms with Crippen LogP contribution >= 0.6 is 0 Å². The van der Waals surface area contributed by atoms with Crippen LogP contribution in [0.3, 0.4) is 0 Å². The highest BCUT2D eigenvalue weighted by atomic mass is 16.5. The predicted molar refractivity (Wildman–Crippen MR) is 173 cm³/mol. The average Bonchev–Trinajstić information content (AvgIpc) is 3.05. The predicted octanol–water partition coefficient (Wildman–Crippen LogP) is 4.06. The van der Waals surface area contributed by atoms with E-state index in [0.717, 1.165) is 44.6 Å². The molecule has 4 N–H and O–H groups in total. The highest BCUT2D eigenvalue weighted by Gasteiger charge is 2.53. The van der Waals surface area contributed by atoms with Crippen LogP contribution in [0.1, 0.15) is 56.1 Å². The molecule has 3 aromatic carbocycles. The first-order chi connectivity index (χ1) is 21.5. The van der Waals surface area contributed by atoms with Gasteiger partial charge in [0, 0.05) is 24.4 Å². The molecule has 11 nitrogen and oxygen atoms in total. The molecule has 0 saturated carbocycles. The van der Waals surface area contributed by atoms with Gasteiger partial charge in [-0.2, -0.15) is 0 Å². The van der Waals surface area contributed by atoms with E-state index < -0.39 is 46.1 Å². The number of hydrogen-bond acceptors (Lipinski definition) is 9. The smallest absolute Gasteiger partial charge is 0.312 e. The number of anilines is 3. The van der Waals surface area contributed by atoms with E-state index in [4.69, 9.17) is 4.74 Å². The lowest BCUT2D eigenvalue weighted by molar-refractivity contribution is -0.153. The maximum Gasteiger partial charge on any atom is 0.312 e. The Kier molecular flexibility index (Phi) is 9.38. The van der Waals surface area contributed by atoms with Gasteiger partial charge in [0.05, 0.1) is 24.5 Å². The zero-order valence-electron chi connectivity index (χ0n) is 25.8. The molecule has 1 fully saturated rings. The molecule has 4 unspecified atom stereocenters. The fourth-order valence-electron chi connectivity index (χ4n) is 6.70. The van der Waals surface area contributed by atoms with Crippen LogP contribution in [0.25, 0.3) is 0 Å². The van der Waals surface area contributed by atoms with Crippen LogP contribution in [0.5, 0.6) is 5.75 Å². The maximum absolute atomic E-state index is 12.5. The lowest BCUT2D eigenvalue weighted by Crippen LogP contribution is -2.50. The molecular formula is C34H40N4O7. The van der Waals surface area contributed by atoms with Crippen LogP contribution in [0.2, 0.25) is 0 Å². The SMILES string of the molecule is COc1cccc(C2CCN(CCCNc3c(Nc4cccc(C5C(C(=O)O)C=NC(C)C5(C)C(=O)O)c4)c(=O)c3=O)CC2)c1. The van der Waals surface area contributed by atoms with Crippen LogP contribution in [0.15, 0.2) is 63.1 Å². The fraction of sp³-hybridized carbons (Fsp3) is 0.441. The van der Waals surface area contributed by atoms with E-state index in [-0.39, 0.29) is 11.4 Å². The summed E-state index contributed by atoms with van der Waals surface area (Å²) in [4.78, 5) is 56.1. The number of carboxylic acid groups (broad SMARTS) is 2. The number of nitrogens with zero attached hydrogens (tertiary/aromatic N) is 2. The quantitative estimate of drug-likeness (QED) is 0.173. The monoisotopic (exact) mass is 616 g/mol. The minimum Gasteiger partial charge on any atom is -0.497 e. The maximum atomic E-state index is 12.5. The molecule has 5 rings (SSSR count). The van der Waals surface area contributed by atoms with Crippen LogP contribution in [-0.2, 0) is 9.59 Å². The number of likely N-dealkylation sites (tertiary alicyclic amines) is 1. The van der Waals surface area contributed by atoms with Gasteiger partial charge in [0.15, 0.2) is 0 Å². The number of piperidine rings is 1. The third-order valence-electron chi connectivity index (χ3n) is 9.62. The minimum absolute atomic E-state index is 0.144. The van der Waals surface area contributed by atoms with Crippen molar-refractivity contribution in [1.82, 2.24) is 4.90 Å². The fourth-order valence-corrected chi connectivity index (χ4v) is 6.70. The third kappa shape index (κ3) is 6.35. The number of ether oxygens (including phenoxy) is 1. The molecule has 2 heterocycles. The zero-order valence-corrected chi connectivity index (χ0v) is 25.8. The lowest BCUT2D eigenvalue weighted by atomic mass is 9.62. The summed E-state index contributed by atoms with van der Waals surface area (Å²) in [5.74, 6) is -2.98. The van der Waals surface area contributed by atoms with Gasteiger partial charge in [-0.15, -0.1) is 0 Å². The van der Waals surface area contributed by atoms with Crippen molar-refractivity contribution in [2.24, 2.45) is 16.3 Å². The van der Waals surface area contributed by atoms with Crippen LogP contribution in [0, 0.1) is 11.3 Å². The molecule has 45 heavy (non-hydrogen) atoms. The molecule has 0 spiro atoms. The molecule has 0 amide bonds. The van der Waals surface area contributed by atoms with Crippen LogP contribution in [0.4, 0.5) is 17.1 Å². The van der Waals surface area contributed by atoms with Crippen molar-refractivity contribution in [1.29, 1.82) is 0 Å². The Morgan fingerprint density at radius 2 is 1.71 bits per heavy atom. The van der Waals surface area contributed by atoms with Crippen molar-refractivity contribution in [3.05, 3.63) is 80.1 Å². The Bertz CT molecular complexity index is 1650. The number of nitrogens with one attached hydrogen (secondary N) is 2. The van der Waals surface area contributed by atoms with E-state index in [1.165, 1.54) is 18.7 Å². The summed E-state index contributed by atoms with van der Waals surface area (Å²) in [6.45, 7) is 6.53. The molecule has 0 aliphatic carbocycles. The normalized spacial score (nSPS) is 23.9. The van der Waals surface area contributed by atoms with Gasteiger partial charge in [-0.1, -0.05) is 24.3 Å². The van der Waals surface area contributed by atoms with E-state index in [1.807, 2.05) is 12.1 Å². The number of aliphatic carboxylic acids is 2. The summed E-state index contributed by atoms with van der Waals surface area (Å²) >= 11 is 0. The molecule has 2 aliphatic heterocycles. The largest absolute Gasteiger partial charge is 0.497 e. The van der Waals surface area contributed by atoms with Gasteiger partial charge in [-0.05, 0) is 94.1 Å². The Hall–Kier alpha value is -4.51. The number of carbonyl (C=O) groups is 2. The van der Waals surface area contributed by atoms with Crippen LogP contribution < -0.4 is 26.2 Å². The van der Waals surface area contributed by atoms with Gasteiger partial charge in [0.1, 0.15) is 17.1 Å². The van der Waals surface area contributed by atoms with Gasteiger partial charge < -0.3 is 30.5 Å². The van der Waals surface area contributed by atoms with Gasteiger partial charge in [-0.25, -0.2) is 0 Å². The van der Waals surface area contributed by atoms with E-state index in [0.29, 0.717) is 23.7 Å². The van der Waals surface area contributed by atoms with Crippen molar-refractivity contribution in [2.45, 2.75) is 51.0 Å². The second-order valence-corrected chi connectivity index (χ2v) is 12.2.